The Balaban J connectivity index is 2.72. The third kappa shape index (κ3) is 3.75. The van der Waals surface area contributed by atoms with Gasteiger partial charge in [-0.2, -0.15) is 5.26 Å². The van der Waals surface area contributed by atoms with Crippen LogP contribution in [0.25, 0.3) is 0 Å². The van der Waals surface area contributed by atoms with Crippen molar-refractivity contribution in [2.45, 2.75) is 13.8 Å². The van der Waals surface area contributed by atoms with Crippen LogP contribution >= 0.6 is 0 Å². The average molecular weight is 237 g/mol. The molecule has 1 saturated heterocycles. The van der Waals surface area contributed by atoms with E-state index < -0.39 is 0 Å². The molecule has 5 nitrogen and oxygen atoms in total. The maximum atomic E-state index is 12.0. The van der Waals surface area contributed by atoms with Crippen LogP contribution in [0.15, 0.2) is 11.8 Å². The van der Waals surface area contributed by atoms with Gasteiger partial charge >= 0.3 is 0 Å². The van der Waals surface area contributed by atoms with Gasteiger partial charge in [0.15, 0.2) is 0 Å². The fourth-order valence-corrected chi connectivity index (χ4v) is 1.66. The molecule has 1 heterocycles. The molecule has 0 aromatic rings. The Hall–Kier alpha value is -1.54. The second kappa shape index (κ2) is 6.92. The van der Waals surface area contributed by atoms with Crippen LogP contribution in [0.3, 0.4) is 0 Å². The number of hydrogen-bond acceptors (Lipinski definition) is 4. The molecule has 0 aromatic carbocycles. The summed E-state index contributed by atoms with van der Waals surface area (Å²) < 4.78 is 5.18. The molecule has 0 aliphatic carbocycles. The molecule has 0 aromatic heterocycles. The number of carbonyl (C=O) groups excluding carboxylic acids is 1. The summed E-state index contributed by atoms with van der Waals surface area (Å²) in [5.74, 6) is -0.192. The lowest BCUT2D eigenvalue weighted by Crippen LogP contribution is -2.41. The maximum absolute atomic E-state index is 12.0. The van der Waals surface area contributed by atoms with Gasteiger partial charge in [0.25, 0.3) is 5.91 Å². The predicted octanol–water partition coefficient (Wildman–Crippen LogP) is 0.594. The molecular weight excluding hydrogens is 218 g/mol. The molecule has 1 amide bonds. The van der Waals surface area contributed by atoms with Crippen LogP contribution < -0.4 is 0 Å². The minimum absolute atomic E-state index is 0.192. The van der Waals surface area contributed by atoms with Gasteiger partial charge in [-0.1, -0.05) is 0 Å². The van der Waals surface area contributed by atoms with Gasteiger partial charge in [0.2, 0.25) is 0 Å². The summed E-state index contributed by atoms with van der Waals surface area (Å²) >= 11 is 0. The summed E-state index contributed by atoms with van der Waals surface area (Å²) in [6.45, 7) is 7.80. The molecule has 1 aliphatic rings. The first-order chi connectivity index (χ1) is 8.22. The number of hydrogen-bond donors (Lipinski definition) is 0. The molecule has 0 atom stereocenters. The van der Waals surface area contributed by atoms with E-state index >= 15 is 0 Å². The average Bonchev–Trinajstić information content (AvgIpc) is 2.40. The third-order valence-corrected chi connectivity index (χ3v) is 2.77. The smallest absolute Gasteiger partial charge is 0.266 e. The standard InChI is InChI=1S/C12H19N3O2/c1-3-14(4-2)10-11(9-13)12(16)15-5-7-17-8-6-15/h10H,3-8H2,1-2H3/b11-10-. The zero-order valence-electron chi connectivity index (χ0n) is 10.5. The van der Waals surface area contributed by atoms with Crippen molar-refractivity contribution in [1.82, 2.24) is 9.80 Å². The number of nitrogens with zero attached hydrogens (tertiary/aromatic N) is 3. The molecule has 0 bridgehead atoms. The largest absolute Gasteiger partial charge is 0.378 e. The van der Waals surface area contributed by atoms with E-state index in [-0.39, 0.29) is 11.5 Å². The number of ether oxygens (including phenoxy) is 1. The normalized spacial score (nSPS) is 16.5. The first-order valence-corrected chi connectivity index (χ1v) is 5.95. The predicted molar refractivity (Wildman–Crippen MR) is 64.0 cm³/mol. The molecule has 0 spiro atoms. The number of rotatable bonds is 4. The highest BCUT2D eigenvalue weighted by molar-refractivity contribution is 5.97. The molecule has 1 rings (SSSR count). The van der Waals surface area contributed by atoms with Crippen LogP contribution in [0, 0.1) is 11.3 Å². The van der Waals surface area contributed by atoms with Gasteiger partial charge in [-0.05, 0) is 13.8 Å². The van der Waals surface area contributed by atoms with Crippen molar-refractivity contribution in [3.8, 4) is 6.07 Å². The Labute approximate surface area is 102 Å². The van der Waals surface area contributed by atoms with Crippen molar-refractivity contribution in [3.63, 3.8) is 0 Å². The summed E-state index contributed by atoms with van der Waals surface area (Å²) in [5.41, 5.74) is 0.204. The number of morpholine rings is 1. The molecule has 0 radical (unpaired) electrons. The number of carbonyl (C=O) groups is 1. The lowest BCUT2D eigenvalue weighted by atomic mass is 10.2. The van der Waals surface area contributed by atoms with Gasteiger partial charge in [0.05, 0.1) is 13.2 Å². The molecule has 1 fully saturated rings. The van der Waals surface area contributed by atoms with Crippen LogP contribution in [0.1, 0.15) is 13.8 Å². The van der Waals surface area contributed by atoms with Crippen molar-refractivity contribution in [1.29, 1.82) is 5.26 Å². The Kier molecular flexibility index (Phi) is 5.50. The highest BCUT2D eigenvalue weighted by Crippen LogP contribution is 2.06. The molecule has 0 unspecified atom stereocenters. The first-order valence-electron chi connectivity index (χ1n) is 5.95. The van der Waals surface area contributed by atoms with Crippen molar-refractivity contribution < 1.29 is 9.53 Å². The van der Waals surface area contributed by atoms with Gasteiger partial charge in [-0.25, -0.2) is 0 Å². The van der Waals surface area contributed by atoms with E-state index in [1.165, 1.54) is 0 Å². The van der Waals surface area contributed by atoms with E-state index in [4.69, 9.17) is 10.00 Å². The van der Waals surface area contributed by atoms with Crippen LogP contribution in [0.2, 0.25) is 0 Å². The molecule has 1 aliphatic heterocycles. The number of amides is 1. The zero-order valence-corrected chi connectivity index (χ0v) is 10.5. The van der Waals surface area contributed by atoms with Gasteiger partial charge in [0, 0.05) is 32.4 Å². The fourth-order valence-electron chi connectivity index (χ4n) is 1.66. The monoisotopic (exact) mass is 237 g/mol. The van der Waals surface area contributed by atoms with E-state index in [1.54, 1.807) is 11.1 Å². The van der Waals surface area contributed by atoms with Crippen molar-refractivity contribution in [2.24, 2.45) is 0 Å². The molecular formula is C12H19N3O2. The summed E-state index contributed by atoms with van der Waals surface area (Å²) in [6.07, 6.45) is 1.65. The Morgan fingerprint density at radius 1 is 1.41 bits per heavy atom. The van der Waals surface area contributed by atoms with Gasteiger partial charge in [-0.15, -0.1) is 0 Å². The van der Waals surface area contributed by atoms with E-state index in [2.05, 4.69) is 0 Å². The molecule has 94 valence electrons. The van der Waals surface area contributed by atoms with Crippen molar-refractivity contribution in [2.75, 3.05) is 39.4 Å². The van der Waals surface area contributed by atoms with E-state index in [9.17, 15) is 4.79 Å². The van der Waals surface area contributed by atoms with E-state index in [0.717, 1.165) is 13.1 Å². The number of nitriles is 1. The van der Waals surface area contributed by atoms with Crippen LogP contribution in [0.5, 0.6) is 0 Å². The minimum Gasteiger partial charge on any atom is -0.378 e. The van der Waals surface area contributed by atoms with Crippen LogP contribution in [0.4, 0.5) is 0 Å². The maximum Gasteiger partial charge on any atom is 0.266 e. The highest BCUT2D eigenvalue weighted by atomic mass is 16.5. The molecule has 0 N–H and O–H groups in total. The highest BCUT2D eigenvalue weighted by Gasteiger charge is 2.20. The fraction of sp³-hybridized carbons (Fsp3) is 0.667. The topological polar surface area (TPSA) is 56.6 Å². The van der Waals surface area contributed by atoms with Crippen LogP contribution in [-0.4, -0.2) is 55.1 Å². The Morgan fingerprint density at radius 2 is 2.00 bits per heavy atom. The lowest BCUT2D eigenvalue weighted by Gasteiger charge is -2.27. The molecule has 5 heteroatoms. The lowest BCUT2D eigenvalue weighted by molar-refractivity contribution is -0.130. The SMILES string of the molecule is CCN(/C=C(/C#N)C(=O)N1CCOCC1)CC. The van der Waals surface area contributed by atoms with Crippen molar-refractivity contribution in [3.05, 3.63) is 11.8 Å². The summed E-state index contributed by atoms with van der Waals surface area (Å²) in [4.78, 5) is 15.7. The zero-order chi connectivity index (χ0) is 12.7. The third-order valence-electron chi connectivity index (χ3n) is 2.77. The second-order valence-corrected chi connectivity index (χ2v) is 3.78. The second-order valence-electron chi connectivity index (χ2n) is 3.78. The van der Waals surface area contributed by atoms with Gasteiger partial charge < -0.3 is 14.5 Å². The van der Waals surface area contributed by atoms with Crippen LogP contribution in [-0.2, 0) is 9.53 Å². The van der Waals surface area contributed by atoms with E-state index in [1.807, 2.05) is 24.8 Å². The Morgan fingerprint density at radius 3 is 2.47 bits per heavy atom. The van der Waals surface area contributed by atoms with Crippen molar-refractivity contribution >= 4 is 5.91 Å². The van der Waals surface area contributed by atoms with Gasteiger partial charge in [-0.3, -0.25) is 4.79 Å². The minimum atomic E-state index is -0.192. The van der Waals surface area contributed by atoms with Gasteiger partial charge in [0.1, 0.15) is 11.6 Å². The quantitative estimate of drug-likeness (QED) is 0.530. The molecule has 0 saturated carbocycles. The Bertz CT molecular complexity index is 323. The molecule has 17 heavy (non-hydrogen) atoms. The summed E-state index contributed by atoms with van der Waals surface area (Å²) in [5, 5.41) is 9.04. The summed E-state index contributed by atoms with van der Waals surface area (Å²) in [7, 11) is 0. The van der Waals surface area contributed by atoms with E-state index in [0.29, 0.717) is 26.3 Å². The first kappa shape index (κ1) is 13.5. The summed E-state index contributed by atoms with van der Waals surface area (Å²) in [6, 6.07) is 1.99.